The van der Waals surface area contributed by atoms with Crippen LogP contribution in [-0.2, 0) is 17.6 Å². The number of hydrogen-bond acceptors (Lipinski definition) is 7. The minimum atomic E-state index is -1.50. The molecule has 3 rings (SSSR count). The van der Waals surface area contributed by atoms with Gasteiger partial charge in [0, 0.05) is 18.2 Å². The average Bonchev–Trinajstić information content (AvgIpc) is 2.71. The molecule has 0 radical (unpaired) electrons. The van der Waals surface area contributed by atoms with Gasteiger partial charge in [0.1, 0.15) is 30.2 Å². The third kappa shape index (κ3) is 4.45. The van der Waals surface area contributed by atoms with Crippen LogP contribution in [0.5, 0.6) is 5.75 Å². The molecule has 2 aromatic rings. The van der Waals surface area contributed by atoms with Crippen molar-refractivity contribution in [3.05, 3.63) is 59.2 Å². The molecule has 0 saturated carbocycles. The molecule has 0 bridgehead atoms. The molecule has 1 aliphatic rings. The predicted octanol–water partition coefficient (Wildman–Crippen LogP) is 0.601. The number of nitrogen functional groups attached to an aromatic ring is 1. The van der Waals surface area contributed by atoms with Crippen LogP contribution in [0, 0.1) is 0 Å². The van der Waals surface area contributed by atoms with E-state index in [9.17, 15) is 20.4 Å². The lowest BCUT2D eigenvalue weighted by molar-refractivity contribution is -0.277. The van der Waals surface area contributed by atoms with Crippen molar-refractivity contribution in [2.24, 2.45) is 0 Å². The van der Waals surface area contributed by atoms with Crippen molar-refractivity contribution in [3.8, 4) is 5.75 Å². The quantitative estimate of drug-likeness (QED) is 0.458. The first kappa shape index (κ1) is 20.6. The van der Waals surface area contributed by atoms with Gasteiger partial charge >= 0.3 is 0 Å². The molecule has 0 aliphatic carbocycles. The number of rotatable bonds is 6. The summed E-state index contributed by atoms with van der Waals surface area (Å²) in [4.78, 5) is 0. The molecule has 152 valence electrons. The second-order valence-electron chi connectivity index (χ2n) is 7.03. The molecule has 5 atom stereocenters. The first-order chi connectivity index (χ1) is 13.4. The molecule has 1 heterocycles. The summed E-state index contributed by atoms with van der Waals surface area (Å²) < 4.78 is 11.2. The molecular formula is C21H27NO6. The van der Waals surface area contributed by atoms with Crippen LogP contribution >= 0.6 is 0 Å². The molecule has 1 aliphatic heterocycles. The average molecular weight is 389 g/mol. The zero-order valence-electron chi connectivity index (χ0n) is 15.7. The Morgan fingerprint density at radius 3 is 2.29 bits per heavy atom. The Hall–Kier alpha value is -2.16. The minimum Gasteiger partial charge on any atom is -0.462 e. The molecule has 7 nitrogen and oxygen atoms in total. The van der Waals surface area contributed by atoms with Gasteiger partial charge in [0.25, 0.3) is 0 Å². The largest absolute Gasteiger partial charge is 0.462 e. The second kappa shape index (κ2) is 8.89. The predicted molar refractivity (Wildman–Crippen MR) is 104 cm³/mol. The molecule has 1 saturated heterocycles. The zero-order valence-corrected chi connectivity index (χ0v) is 15.7. The number of benzene rings is 2. The maximum absolute atomic E-state index is 10.2. The van der Waals surface area contributed by atoms with Crippen LogP contribution < -0.4 is 10.5 Å². The van der Waals surface area contributed by atoms with Crippen molar-refractivity contribution >= 4 is 5.69 Å². The number of nitrogens with two attached hydrogens (primary N) is 1. The fourth-order valence-corrected chi connectivity index (χ4v) is 3.23. The zero-order chi connectivity index (χ0) is 20.3. The highest BCUT2D eigenvalue weighted by molar-refractivity contribution is 5.50. The third-order valence-electron chi connectivity index (χ3n) is 5.01. The molecule has 7 heteroatoms. The highest BCUT2D eigenvalue weighted by Crippen LogP contribution is 2.29. The van der Waals surface area contributed by atoms with Crippen molar-refractivity contribution in [2.75, 3.05) is 12.3 Å². The van der Waals surface area contributed by atoms with Gasteiger partial charge in [-0.2, -0.15) is 0 Å². The first-order valence-electron chi connectivity index (χ1n) is 9.36. The van der Waals surface area contributed by atoms with Gasteiger partial charge in [-0.1, -0.05) is 37.3 Å². The summed E-state index contributed by atoms with van der Waals surface area (Å²) in [7, 11) is 0. The summed E-state index contributed by atoms with van der Waals surface area (Å²) >= 11 is 0. The topological polar surface area (TPSA) is 125 Å². The van der Waals surface area contributed by atoms with Crippen LogP contribution in [0.1, 0.15) is 23.6 Å². The first-order valence-corrected chi connectivity index (χ1v) is 9.36. The Morgan fingerprint density at radius 2 is 1.64 bits per heavy atom. The van der Waals surface area contributed by atoms with E-state index in [1.807, 2.05) is 18.2 Å². The maximum Gasteiger partial charge on any atom is 0.229 e. The number of aryl methyl sites for hydroxylation is 1. The summed E-state index contributed by atoms with van der Waals surface area (Å²) in [6, 6.07) is 13.5. The fourth-order valence-electron chi connectivity index (χ4n) is 3.23. The Labute approximate surface area is 164 Å². The van der Waals surface area contributed by atoms with E-state index in [4.69, 9.17) is 15.2 Å². The van der Waals surface area contributed by atoms with E-state index in [1.165, 1.54) is 5.56 Å². The smallest absolute Gasteiger partial charge is 0.229 e. The van der Waals surface area contributed by atoms with Gasteiger partial charge in [0.15, 0.2) is 0 Å². The molecule has 0 amide bonds. The molecule has 0 unspecified atom stereocenters. The summed E-state index contributed by atoms with van der Waals surface area (Å²) in [5.41, 5.74) is 9.53. The Bertz CT molecular complexity index is 779. The number of anilines is 1. The Morgan fingerprint density at radius 1 is 0.964 bits per heavy atom. The summed E-state index contributed by atoms with van der Waals surface area (Å²) in [5.74, 6) is 0.406. The minimum absolute atomic E-state index is 0.406. The summed E-state index contributed by atoms with van der Waals surface area (Å²) in [6.45, 7) is 1.58. The standard InChI is InChI=1S/C21H27NO6/c1-2-12-3-5-13(6-4-12)9-14-7-8-15(22)10-16(14)27-21-20(26)19(25)18(24)17(11-23)28-21/h3-8,10,17-21,23-26H,2,9,11,22H2,1H3/t17-,18-,19+,20-,21-/m1/s1. The molecule has 0 spiro atoms. The van der Waals surface area contributed by atoms with Gasteiger partial charge in [-0.25, -0.2) is 0 Å². The summed E-state index contributed by atoms with van der Waals surface area (Å²) in [6.07, 6.45) is -5.15. The van der Waals surface area contributed by atoms with Crippen LogP contribution in [0.4, 0.5) is 5.69 Å². The fraction of sp³-hybridized carbons (Fsp3) is 0.429. The Balaban J connectivity index is 1.82. The van der Waals surface area contributed by atoms with Gasteiger partial charge < -0.3 is 35.6 Å². The molecule has 1 fully saturated rings. The van der Waals surface area contributed by atoms with Crippen LogP contribution in [0.2, 0.25) is 0 Å². The van der Waals surface area contributed by atoms with Crippen LogP contribution in [0.15, 0.2) is 42.5 Å². The van der Waals surface area contributed by atoms with E-state index < -0.39 is 37.3 Å². The monoisotopic (exact) mass is 389 g/mol. The molecule has 6 N–H and O–H groups in total. The van der Waals surface area contributed by atoms with Crippen LogP contribution in [-0.4, -0.2) is 57.7 Å². The Kier molecular flexibility index (Phi) is 6.53. The van der Waals surface area contributed by atoms with Gasteiger partial charge in [0.05, 0.1) is 6.61 Å². The van der Waals surface area contributed by atoms with E-state index in [0.29, 0.717) is 17.9 Å². The van der Waals surface area contributed by atoms with Crippen molar-refractivity contribution in [3.63, 3.8) is 0 Å². The van der Waals surface area contributed by atoms with Gasteiger partial charge in [-0.3, -0.25) is 0 Å². The molecular weight excluding hydrogens is 362 g/mol. The highest BCUT2D eigenvalue weighted by atomic mass is 16.7. The van der Waals surface area contributed by atoms with Crippen molar-refractivity contribution < 1.29 is 29.9 Å². The SMILES string of the molecule is CCc1ccc(Cc2ccc(N)cc2O[C@@H]2O[C@H](CO)[C@@H](O)[C@H](O)[C@H]2O)cc1. The van der Waals surface area contributed by atoms with Crippen molar-refractivity contribution in [1.82, 2.24) is 0 Å². The number of aliphatic hydroxyl groups excluding tert-OH is 4. The van der Waals surface area contributed by atoms with E-state index in [2.05, 4.69) is 19.1 Å². The van der Waals surface area contributed by atoms with E-state index >= 15 is 0 Å². The lowest BCUT2D eigenvalue weighted by Crippen LogP contribution is -2.60. The summed E-state index contributed by atoms with van der Waals surface area (Å²) in [5, 5.41) is 39.4. The van der Waals surface area contributed by atoms with Crippen molar-refractivity contribution in [2.45, 2.75) is 50.5 Å². The van der Waals surface area contributed by atoms with Gasteiger partial charge in [-0.05, 0) is 29.2 Å². The van der Waals surface area contributed by atoms with Crippen LogP contribution in [0.25, 0.3) is 0 Å². The molecule has 2 aromatic carbocycles. The van der Waals surface area contributed by atoms with Gasteiger partial charge in [0.2, 0.25) is 6.29 Å². The third-order valence-corrected chi connectivity index (χ3v) is 5.01. The van der Waals surface area contributed by atoms with E-state index in [1.54, 1.807) is 12.1 Å². The highest BCUT2D eigenvalue weighted by Gasteiger charge is 2.44. The van der Waals surface area contributed by atoms with Gasteiger partial charge in [-0.15, -0.1) is 0 Å². The number of hydrogen-bond donors (Lipinski definition) is 5. The normalized spacial score (nSPS) is 27.5. The van der Waals surface area contributed by atoms with Crippen LogP contribution in [0.3, 0.4) is 0 Å². The molecule has 28 heavy (non-hydrogen) atoms. The number of aliphatic hydroxyl groups is 4. The lowest BCUT2D eigenvalue weighted by atomic mass is 9.99. The van der Waals surface area contributed by atoms with E-state index in [0.717, 1.165) is 17.5 Å². The van der Waals surface area contributed by atoms with E-state index in [-0.39, 0.29) is 0 Å². The number of ether oxygens (including phenoxy) is 2. The van der Waals surface area contributed by atoms with Crippen molar-refractivity contribution in [1.29, 1.82) is 0 Å². The second-order valence-corrected chi connectivity index (χ2v) is 7.03. The maximum atomic E-state index is 10.2. The lowest BCUT2D eigenvalue weighted by Gasteiger charge is -2.39. The molecule has 0 aromatic heterocycles.